The van der Waals surface area contributed by atoms with E-state index in [1.54, 1.807) is 0 Å². The third-order valence-electron chi connectivity index (χ3n) is 4.27. The van der Waals surface area contributed by atoms with Gasteiger partial charge in [0.25, 0.3) is 0 Å². The third kappa shape index (κ3) is 5.69. The average molecular weight is 280 g/mol. The Morgan fingerprint density at radius 2 is 2.00 bits per heavy atom. The average Bonchev–Trinajstić information content (AvgIpc) is 2.36. The molecule has 0 aromatic carbocycles. The van der Waals surface area contributed by atoms with Crippen molar-refractivity contribution in [3.8, 4) is 0 Å². The van der Waals surface area contributed by atoms with Crippen LogP contribution in [0.25, 0.3) is 0 Å². The summed E-state index contributed by atoms with van der Waals surface area (Å²) in [6.07, 6.45) is -2.38. The van der Waals surface area contributed by atoms with Crippen molar-refractivity contribution in [3.05, 3.63) is 0 Å². The summed E-state index contributed by atoms with van der Waals surface area (Å²) in [5, 5.41) is 3.54. The SMILES string of the molecule is CCC(C)C1CN(CCCC(F)(F)F)C(CC)CN1. The van der Waals surface area contributed by atoms with E-state index >= 15 is 0 Å². The smallest absolute Gasteiger partial charge is 0.311 e. The van der Waals surface area contributed by atoms with Crippen molar-refractivity contribution >= 4 is 0 Å². The second-order valence-corrected chi connectivity index (χ2v) is 5.68. The van der Waals surface area contributed by atoms with Crippen LogP contribution in [0.1, 0.15) is 46.5 Å². The van der Waals surface area contributed by atoms with E-state index in [0.717, 1.165) is 25.9 Å². The minimum Gasteiger partial charge on any atom is -0.311 e. The topological polar surface area (TPSA) is 15.3 Å². The lowest BCUT2D eigenvalue weighted by Gasteiger charge is -2.42. The van der Waals surface area contributed by atoms with Crippen molar-refractivity contribution in [2.24, 2.45) is 5.92 Å². The van der Waals surface area contributed by atoms with Crippen molar-refractivity contribution < 1.29 is 13.2 Å². The fourth-order valence-electron chi connectivity index (χ4n) is 2.71. The van der Waals surface area contributed by atoms with Gasteiger partial charge in [0.15, 0.2) is 0 Å². The number of halogens is 3. The molecule has 0 aromatic rings. The zero-order valence-corrected chi connectivity index (χ0v) is 12.3. The highest BCUT2D eigenvalue weighted by Crippen LogP contribution is 2.23. The molecule has 1 saturated heterocycles. The van der Waals surface area contributed by atoms with E-state index in [4.69, 9.17) is 0 Å². The predicted molar refractivity (Wildman–Crippen MR) is 72.2 cm³/mol. The summed E-state index contributed by atoms with van der Waals surface area (Å²) in [5.41, 5.74) is 0. The van der Waals surface area contributed by atoms with Gasteiger partial charge in [-0.25, -0.2) is 0 Å². The molecular weight excluding hydrogens is 253 g/mol. The predicted octanol–water partition coefficient (Wildman–Crippen LogP) is 3.43. The lowest BCUT2D eigenvalue weighted by Crippen LogP contribution is -2.58. The number of nitrogens with one attached hydrogen (secondary N) is 1. The monoisotopic (exact) mass is 280 g/mol. The van der Waals surface area contributed by atoms with E-state index in [1.165, 1.54) is 0 Å². The maximum Gasteiger partial charge on any atom is 0.389 e. The van der Waals surface area contributed by atoms with Crippen LogP contribution in [0.2, 0.25) is 0 Å². The molecule has 0 amide bonds. The van der Waals surface area contributed by atoms with Crippen molar-refractivity contribution in [1.29, 1.82) is 0 Å². The first-order chi connectivity index (χ1) is 8.87. The lowest BCUT2D eigenvalue weighted by atomic mass is 9.94. The molecule has 1 aliphatic rings. The van der Waals surface area contributed by atoms with Gasteiger partial charge in [-0.1, -0.05) is 27.2 Å². The molecule has 2 nitrogen and oxygen atoms in total. The molecule has 114 valence electrons. The second-order valence-electron chi connectivity index (χ2n) is 5.68. The van der Waals surface area contributed by atoms with Crippen LogP contribution in [0.4, 0.5) is 13.2 Å². The molecular formula is C14H27F3N2. The van der Waals surface area contributed by atoms with Crippen LogP contribution in [0.3, 0.4) is 0 Å². The first kappa shape index (κ1) is 16.8. The Kier molecular flexibility index (Phi) is 6.60. The summed E-state index contributed by atoms with van der Waals surface area (Å²) < 4.78 is 36.7. The van der Waals surface area contributed by atoms with Crippen LogP contribution in [0.5, 0.6) is 0 Å². The summed E-state index contributed by atoms with van der Waals surface area (Å²) in [6.45, 7) is 8.81. The van der Waals surface area contributed by atoms with Crippen molar-refractivity contribution in [2.45, 2.75) is 64.7 Å². The Balaban J connectivity index is 2.46. The Morgan fingerprint density at radius 3 is 2.53 bits per heavy atom. The number of nitrogens with zero attached hydrogens (tertiary/aromatic N) is 1. The van der Waals surface area contributed by atoms with Gasteiger partial charge in [-0.15, -0.1) is 0 Å². The number of hydrogen-bond donors (Lipinski definition) is 1. The van der Waals surface area contributed by atoms with E-state index in [0.29, 0.717) is 24.5 Å². The van der Waals surface area contributed by atoms with Crippen LogP contribution in [0, 0.1) is 5.92 Å². The fourth-order valence-corrected chi connectivity index (χ4v) is 2.71. The van der Waals surface area contributed by atoms with Crippen molar-refractivity contribution in [1.82, 2.24) is 10.2 Å². The van der Waals surface area contributed by atoms with E-state index in [-0.39, 0.29) is 6.42 Å². The van der Waals surface area contributed by atoms with Gasteiger partial charge in [0.05, 0.1) is 0 Å². The summed E-state index contributed by atoms with van der Waals surface area (Å²) >= 11 is 0. The Morgan fingerprint density at radius 1 is 1.32 bits per heavy atom. The lowest BCUT2D eigenvalue weighted by molar-refractivity contribution is -0.136. The maximum absolute atomic E-state index is 12.2. The summed E-state index contributed by atoms with van der Waals surface area (Å²) in [5.74, 6) is 0.572. The fraction of sp³-hybridized carbons (Fsp3) is 1.00. The van der Waals surface area contributed by atoms with Crippen LogP contribution < -0.4 is 5.32 Å². The minimum absolute atomic E-state index is 0.216. The number of hydrogen-bond acceptors (Lipinski definition) is 2. The zero-order valence-electron chi connectivity index (χ0n) is 12.3. The largest absolute Gasteiger partial charge is 0.389 e. The quantitative estimate of drug-likeness (QED) is 0.802. The normalized spacial score (nSPS) is 27.5. The summed E-state index contributed by atoms with van der Waals surface area (Å²) in [6, 6.07) is 0.798. The molecule has 19 heavy (non-hydrogen) atoms. The molecule has 1 rings (SSSR count). The molecule has 0 aromatic heterocycles. The Hall–Kier alpha value is -0.290. The highest BCUT2D eigenvalue weighted by molar-refractivity contribution is 4.87. The van der Waals surface area contributed by atoms with Gasteiger partial charge >= 0.3 is 6.18 Å². The number of piperazine rings is 1. The molecule has 1 fully saturated rings. The molecule has 3 atom stereocenters. The van der Waals surface area contributed by atoms with Gasteiger partial charge in [-0.05, 0) is 25.3 Å². The molecule has 3 unspecified atom stereocenters. The molecule has 1 N–H and O–H groups in total. The molecule has 5 heteroatoms. The molecule has 0 spiro atoms. The molecule has 0 saturated carbocycles. The van der Waals surface area contributed by atoms with Crippen LogP contribution in [0.15, 0.2) is 0 Å². The zero-order chi connectivity index (χ0) is 14.5. The van der Waals surface area contributed by atoms with Gasteiger partial charge < -0.3 is 5.32 Å². The summed E-state index contributed by atoms with van der Waals surface area (Å²) in [4.78, 5) is 2.25. The highest BCUT2D eigenvalue weighted by Gasteiger charge is 2.31. The molecule has 0 aliphatic carbocycles. The first-order valence-electron chi connectivity index (χ1n) is 7.41. The van der Waals surface area contributed by atoms with Crippen LogP contribution >= 0.6 is 0 Å². The summed E-state index contributed by atoms with van der Waals surface area (Å²) in [7, 11) is 0. The Labute approximate surface area is 114 Å². The molecule has 0 bridgehead atoms. The third-order valence-corrected chi connectivity index (χ3v) is 4.27. The Bertz CT molecular complexity index is 256. The van der Waals surface area contributed by atoms with Crippen LogP contribution in [-0.2, 0) is 0 Å². The van der Waals surface area contributed by atoms with Gasteiger partial charge in [-0.2, -0.15) is 13.2 Å². The van der Waals surface area contributed by atoms with Gasteiger partial charge in [0.1, 0.15) is 0 Å². The van der Waals surface area contributed by atoms with Gasteiger partial charge in [0.2, 0.25) is 0 Å². The standard InChI is InChI=1S/C14H27F3N2/c1-4-11(3)13-10-19(12(5-2)9-18-13)8-6-7-14(15,16)17/h11-13,18H,4-10H2,1-3H3. The van der Waals surface area contributed by atoms with E-state index < -0.39 is 12.6 Å². The van der Waals surface area contributed by atoms with Gasteiger partial charge in [-0.3, -0.25) is 4.90 Å². The molecule has 0 radical (unpaired) electrons. The first-order valence-corrected chi connectivity index (χ1v) is 7.41. The van der Waals surface area contributed by atoms with Gasteiger partial charge in [0, 0.05) is 31.6 Å². The second kappa shape index (κ2) is 7.48. The van der Waals surface area contributed by atoms with Crippen LogP contribution in [-0.4, -0.2) is 42.8 Å². The number of alkyl halides is 3. The van der Waals surface area contributed by atoms with E-state index in [9.17, 15) is 13.2 Å². The van der Waals surface area contributed by atoms with Crippen molar-refractivity contribution in [3.63, 3.8) is 0 Å². The van der Waals surface area contributed by atoms with E-state index in [1.807, 2.05) is 0 Å². The molecule has 1 aliphatic heterocycles. The van der Waals surface area contributed by atoms with E-state index in [2.05, 4.69) is 31.0 Å². The minimum atomic E-state index is -4.02. The maximum atomic E-state index is 12.2. The van der Waals surface area contributed by atoms with Crippen molar-refractivity contribution in [2.75, 3.05) is 19.6 Å². The number of rotatable bonds is 6. The molecule has 1 heterocycles. The highest BCUT2D eigenvalue weighted by atomic mass is 19.4.